The van der Waals surface area contributed by atoms with Crippen LogP contribution in [0.15, 0.2) is 40.6 Å². The standard InChI is InChI=1S/C21H23F3N4O6/c1-3-27(8-4-5-20(30)31)18-9-13(12-29)17(11-19(18)34-2)26-25-16-7-6-14(28(32)33)10-15(16)21(22,23)24/h6-7,9-11,29H,3-5,8,12H2,1-2H3,(H,30,31). The van der Waals surface area contributed by atoms with E-state index in [1.807, 2.05) is 11.8 Å². The number of ether oxygens (including phenoxy) is 1. The number of alkyl halides is 3. The Morgan fingerprint density at radius 2 is 1.88 bits per heavy atom. The van der Waals surface area contributed by atoms with Gasteiger partial charge in [0.1, 0.15) is 5.75 Å². The Kier molecular flexibility index (Phi) is 8.90. The summed E-state index contributed by atoms with van der Waals surface area (Å²) in [7, 11) is 1.38. The average molecular weight is 484 g/mol. The fourth-order valence-corrected chi connectivity index (χ4v) is 3.16. The first kappa shape index (κ1) is 26.5. The quantitative estimate of drug-likeness (QED) is 0.253. The highest BCUT2D eigenvalue weighted by Gasteiger charge is 2.35. The molecule has 0 aliphatic carbocycles. The first-order valence-corrected chi connectivity index (χ1v) is 10.1. The molecule has 2 rings (SSSR count). The molecule has 10 nitrogen and oxygen atoms in total. The van der Waals surface area contributed by atoms with Crippen molar-refractivity contribution in [2.45, 2.75) is 32.5 Å². The van der Waals surface area contributed by atoms with Crippen molar-refractivity contribution in [2.24, 2.45) is 10.2 Å². The van der Waals surface area contributed by atoms with Gasteiger partial charge in [-0.25, -0.2) is 0 Å². The molecule has 0 radical (unpaired) electrons. The van der Waals surface area contributed by atoms with Gasteiger partial charge in [-0.15, -0.1) is 5.11 Å². The first-order valence-electron chi connectivity index (χ1n) is 10.1. The van der Waals surface area contributed by atoms with Crippen molar-refractivity contribution in [1.82, 2.24) is 0 Å². The topological polar surface area (TPSA) is 138 Å². The number of aliphatic hydroxyl groups excluding tert-OH is 1. The number of azo groups is 1. The summed E-state index contributed by atoms with van der Waals surface area (Å²) in [5.41, 5.74) is -1.87. The minimum atomic E-state index is -4.90. The summed E-state index contributed by atoms with van der Waals surface area (Å²) in [4.78, 5) is 22.5. The number of non-ortho nitro benzene ring substituents is 1. The van der Waals surface area contributed by atoms with Gasteiger partial charge in [-0.05, 0) is 25.5 Å². The molecule has 2 aromatic rings. The smallest absolute Gasteiger partial charge is 0.418 e. The number of aliphatic hydroxyl groups is 1. The number of nitro groups is 1. The van der Waals surface area contributed by atoms with Gasteiger partial charge in [0.15, 0.2) is 0 Å². The van der Waals surface area contributed by atoms with Crippen LogP contribution < -0.4 is 9.64 Å². The molecule has 0 spiro atoms. The number of nitrogens with zero attached hydrogens (tertiary/aromatic N) is 4. The van der Waals surface area contributed by atoms with Crippen molar-refractivity contribution in [1.29, 1.82) is 0 Å². The van der Waals surface area contributed by atoms with Crippen LogP contribution >= 0.6 is 0 Å². The van der Waals surface area contributed by atoms with E-state index in [4.69, 9.17) is 9.84 Å². The zero-order chi connectivity index (χ0) is 25.5. The maximum Gasteiger partial charge on any atom is 0.418 e. The van der Waals surface area contributed by atoms with E-state index in [0.29, 0.717) is 37.0 Å². The number of nitro benzene ring substituents is 1. The molecule has 2 aromatic carbocycles. The second-order valence-electron chi connectivity index (χ2n) is 7.04. The molecule has 13 heteroatoms. The van der Waals surface area contributed by atoms with Crippen molar-refractivity contribution in [3.8, 4) is 5.75 Å². The van der Waals surface area contributed by atoms with Crippen molar-refractivity contribution in [2.75, 3.05) is 25.1 Å². The highest BCUT2D eigenvalue weighted by atomic mass is 19.4. The summed E-state index contributed by atoms with van der Waals surface area (Å²) in [6.45, 7) is 2.23. The van der Waals surface area contributed by atoms with Crippen molar-refractivity contribution in [3.63, 3.8) is 0 Å². The Labute approximate surface area is 192 Å². The maximum atomic E-state index is 13.4. The van der Waals surface area contributed by atoms with Gasteiger partial charge in [0.2, 0.25) is 0 Å². The Bertz CT molecular complexity index is 1080. The summed E-state index contributed by atoms with van der Waals surface area (Å²) in [5, 5.41) is 37.0. The van der Waals surface area contributed by atoms with Gasteiger partial charge < -0.3 is 19.8 Å². The van der Waals surface area contributed by atoms with Crippen molar-refractivity contribution >= 4 is 28.7 Å². The van der Waals surface area contributed by atoms with E-state index >= 15 is 0 Å². The number of anilines is 1. The van der Waals surface area contributed by atoms with Crippen LogP contribution in [0, 0.1) is 10.1 Å². The largest absolute Gasteiger partial charge is 0.495 e. The highest BCUT2D eigenvalue weighted by molar-refractivity contribution is 5.68. The van der Waals surface area contributed by atoms with Gasteiger partial charge in [-0.3, -0.25) is 14.9 Å². The number of carbonyl (C=O) groups is 1. The summed E-state index contributed by atoms with van der Waals surface area (Å²) in [6.07, 6.45) is -4.57. The number of hydrogen-bond acceptors (Lipinski definition) is 8. The fraction of sp³-hybridized carbons (Fsp3) is 0.381. The predicted octanol–water partition coefficient (Wildman–Crippen LogP) is 5.22. The van der Waals surface area contributed by atoms with E-state index in [1.54, 1.807) is 0 Å². The first-order chi connectivity index (χ1) is 16.0. The number of carboxylic acid groups (broad SMARTS) is 1. The molecule has 0 aliphatic rings. The van der Waals surface area contributed by atoms with Crippen LogP contribution in [0.25, 0.3) is 0 Å². The number of halogens is 3. The lowest BCUT2D eigenvalue weighted by atomic mass is 10.1. The van der Waals surface area contributed by atoms with Crippen LogP contribution in [0.4, 0.5) is 35.9 Å². The van der Waals surface area contributed by atoms with Gasteiger partial charge in [0, 0.05) is 43.3 Å². The highest BCUT2D eigenvalue weighted by Crippen LogP contribution is 2.40. The van der Waals surface area contributed by atoms with E-state index in [0.717, 1.165) is 12.1 Å². The minimum absolute atomic E-state index is 0.0330. The van der Waals surface area contributed by atoms with Crippen LogP contribution in [0.5, 0.6) is 5.75 Å². The zero-order valence-electron chi connectivity index (χ0n) is 18.4. The Morgan fingerprint density at radius 3 is 2.41 bits per heavy atom. The normalized spacial score (nSPS) is 11.6. The molecular formula is C21H23F3N4O6. The summed E-state index contributed by atoms with van der Waals surface area (Å²) < 4.78 is 45.5. The lowest BCUT2D eigenvalue weighted by molar-refractivity contribution is -0.385. The summed E-state index contributed by atoms with van der Waals surface area (Å²) in [5.74, 6) is -0.637. The van der Waals surface area contributed by atoms with Crippen LogP contribution in [-0.2, 0) is 17.6 Å². The Balaban J connectivity index is 2.47. The minimum Gasteiger partial charge on any atom is -0.495 e. The van der Waals surface area contributed by atoms with Gasteiger partial charge >= 0.3 is 12.1 Å². The second-order valence-corrected chi connectivity index (χ2v) is 7.04. The molecule has 0 unspecified atom stereocenters. The third kappa shape index (κ3) is 6.63. The van der Waals surface area contributed by atoms with Crippen LogP contribution in [0.2, 0.25) is 0 Å². The molecule has 184 valence electrons. The van der Waals surface area contributed by atoms with E-state index in [2.05, 4.69) is 10.2 Å². The molecular weight excluding hydrogens is 461 g/mol. The number of rotatable bonds is 11. The number of hydrogen-bond donors (Lipinski definition) is 2. The van der Waals surface area contributed by atoms with Gasteiger partial charge in [-0.2, -0.15) is 18.3 Å². The zero-order valence-corrected chi connectivity index (χ0v) is 18.4. The molecule has 2 N–H and O–H groups in total. The summed E-state index contributed by atoms with van der Waals surface area (Å²) in [6, 6.07) is 5.04. The number of aliphatic carboxylic acids is 1. The van der Waals surface area contributed by atoms with E-state index in [-0.39, 0.29) is 17.7 Å². The molecule has 0 heterocycles. The molecule has 0 fully saturated rings. The van der Waals surface area contributed by atoms with Crippen LogP contribution in [-0.4, -0.2) is 41.3 Å². The molecule has 0 saturated carbocycles. The Hall–Kier alpha value is -3.74. The maximum absolute atomic E-state index is 13.4. The molecule has 0 aromatic heterocycles. The third-order valence-electron chi connectivity index (χ3n) is 4.85. The van der Waals surface area contributed by atoms with E-state index < -0.39 is 40.6 Å². The van der Waals surface area contributed by atoms with Crippen LogP contribution in [0.3, 0.4) is 0 Å². The summed E-state index contributed by atoms with van der Waals surface area (Å²) >= 11 is 0. The SMILES string of the molecule is CCN(CCCC(=O)O)c1cc(CO)c(N=Nc2ccc([N+](=O)[O-])cc2C(F)(F)F)cc1OC. The van der Waals surface area contributed by atoms with Crippen molar-refractivity contribution in [3.05, 3.63) is 51.6 Å². The third-order valence-corrected chi connectivity index (χ3v) is 4.85. The molecule has 0 atom stereocenters. The van der Waals surface area contributed by atoms with Gasteiger partial charge in [0.05, 0.1) is 41.3 Å². The monoisotopic (exact) mass is 484 g/mol. The molecule has 0 aliphatic heterocycles. The van der Waals surface area contributed by atoms with E-state index in [1.165, 1.54) is 19.2 Å². The van der Waals surface area contributed by atoms with E-state index in [9.17, 15) is 33.2 Å². The molecule has 0 amide bonds. The number of methoxy groups -OCH3 is 1. The second kappa shape index (κ2) is 11.4. The average Bonchev–Trinajstić information content (AvgIpc) is 2.79. The molecule has 34 heavy (non-hydrogen) atoms. The number of carboxylic acids is 1. The lowest BCUT2D eigenvalue weighted by Gasteiger charge is -2.26. The van der Waals surface area contributed by atoms with Crippen LogP contribution in [0.1, 0.15) is 30.9 Å². The molecule has 0 saturated heterocycles. The number of benzene rings is 2. The van der Waals surface area contributed by atoms with Gasteiger partial charge in [-0.1, -0.05) is 0 Å². The van der Waals surface area contributed by atoms with Crippen molar-refractivity contribution < 1.29 is 37.8 Å². The lowest BCUT2D eigenvalue weighted by Crippen LogP contribution is -2.25. The van der Waals surface area contributed by atoms with Gasteiger partial charge in [0.25, 0.3) is 5.69 Å². The molecule has 0 bridgehead atoms. The fourth-order valence-electron chi connectivity index (χ4n) is 3.16. The Morgan fingerprint density at radius 1 is 1.21 bits per heavy atom. The predicted molar refractivity (Wildman–Crippen MR) is 116 cm³/mol.